The van der Waals surface area contributed by atoms with E-state index in [9.17, 15) is 4.79 Å². The van der Waals surface area contributed by atoms with E-state index in [1.54, 1.807) is 0 Å². The highest BCUT2D eigenvalue weighted by Gasteiger charge is 2.31. The van der Waals surface area contributed by atoms with E-state index in [2.05, 4.69) is 24.2 Å². The van der Waals surface area contributed by atoms with E-state index in [1.807, 2.05) is 20.8 Å². The van der Waals surface area contributed by atoms with Crippen LogP contribution in [0.5, 0.6) is 0 Å². The smallest absolute Gasteiger partial charge is 0.407 e. The molecular weight excluding hydrogens is 216 g/mol. The molecular formula is C13H26N2O2. The summed E-state index contributed by atoms with van der Waals surface area (Å²) in [5.41, 5.74) is -0.0781. The molecule has 1 amide bonds. The van der Waals surface area contributed by atoms with Crippen molar-refractivity contribution in [3.05, 3.63) is 0 Å². The lowest BCUT2D eigenvalue weighted by Crippen LogP contribution is -2.35. The van der Waals surface area contributed by atoms with Crippen LogP contribution in [0.15, 0.2) is 0 Å². The Morgan fingerprint density at radius 2 is 2.12 bits per heavy atom. The zero-order chi connectivity index (χ0) is 13.1. The molecule has 0 aromatic heterocycles. The summed E-state index contributed by atoms with van der Waals surface area (Å²) in [6.07, 6.45) is 1.91. The molecule has 4 nitrogen and oxygen atoms in total. The normalized spacial score (nSPS) is 25.9. The Kier molecular flexibility index (Phi) is 4.42. The number of nitrogens with zero attached hydrogens (tertiary/aromatic N) is 1. The zero-order valence-corrected chi connectivity index (χ0v) is 11.8. The Labute approximate surface area is 105 Å². The van der Waals surface area contributed by atoms with Crippen LogP contribution in [0.4, 0.5) is 4.79 Å². The molecule has 1 unspecified atom stereocenters. The first-order valence-electron chi connectivity index (χ1n) is 6.36. The van der Waals surface area contributed by atoms with Gasteiger partial charge in [0.2, 0.25) is 0 Å². The zero-order valence-electron chi connectivity index (χ0n) is 11.8. The highest BCUT2D eigenvalue weighted by molar-refractivity contribution is 5.67. The fourth-order valence-corrected chi connectivity index (χ4v) is 2.26. The van der Waals surface area contributed by atoms with Gasteiger partial charge >= 0.3 is 6.09 Å². The van der Waals surface area contributed by atoms with Gasteiger partial charge in [-0.1, -0.05) is 6.92 Å². The van der Waals surface area contributed by atoms with Gasteiger partial charge in [0, 0.05) is 13.1 Å². The number of likely N-dealkylation sites (tertiary alicyclic amines) is 1. The first-order valence-corrected chi connectivity index (χ1v) is 6.36. The Hall–Kier alpha value is -0.770. The Morgan fingerprint density at radius 3 is 2.59 bits per heavy atom. The largest absolute Gasteiger partial charge is 0.444 e. The number of hydrogen-bond acceptors (Lipinski definition) is 3. The predicted molar refractivity (Wildman–Crippen MR) is 69.1 cm³/mol. The number of alkyl carbamates (subject to hydrolysis) is 1. The molecule has 1 aliphatic heterocycles. The monoisotopic (exact) mass is 242 g/mol. The molecule has 0 bridgehead atoms. The standard InChI is InChI=1S/C13H26N2O2/c1-12(2,3)17-11(16)14-8-6-13(4)7-9-15(5)10-13/h6-10H2,1-5H3,(H,14,16). The highest BCUT2D eigenvalue weighted by atomic mass is 16.6. The molecule has 1 aliphatic rings. The lowest BCUT2D eigenvalue weighted by Gasteiger charge is -2.24. The van der Waals surface area contributed by atoms with Crippen LogP contribution in [-0.4, -0.2) is 43.3 Å². The van der Waals surface area contributed by atoms with Gasteiger partial charge in [-0.15, -0.1) is 0 Å². The third-order valence-electron chi connectivity index (χ3n) is 3.15. The number of carbonyl (C=O) groups is 1. The van der Waals surface area contributed by atoms with Crippen molar-refractivity contribution >= 4 is 6.09 Å². The van der Waals surface area contributed by atoms with E-state index in [0.29, 0.717) is 12.0 Å². The maximum absolute atomic E-state index is 11.5. The van der Waals surface area contributed by atoms with Crippen molar-refractivity contribution in [2.75, 3.05) is 26.7 Å². The van der Waals surface area contributed by atoms with E-state index in [0.717, 1.165) is 19.5 Å². The minimum absolute atomic E-state index is 0.313. The molecule has 1 atom stereocenters. The quantitative estimate of drug-likeness (QED) is 0.825. The third-order valence-corrected chi connectivity index (χ3v) is 3.15. The number of nitrogens with one attached hydrogen (secondary N) is 1. The second kappa shape index (κ2) is 5.25. The van der Waals surface area contributed by atoms with Gasteiger partial charge in [0.25, 0.3) is 0 Å². The van der Waals surface area contributed by atoms with Crippen LogP contribution in [0, 0.1) is 5.41 Å². The minimum atomic E-state index is -0.415. The van der Waals surface area contributed by atoms with Gasteiger partial charge in [-0.2, -0.15) is 0 Å². The second-order valence-corrected chi connectivity index (χ2v) is 6.48. The molecule has 1 heterocycles. The van der Waals surface area contributed by atoms with Crippen molar-refractivity contribution in [1.29, 1.82) is 0 Å². The number of rotatable bonds is 3. The van der Waals surface area contributed by atoms with Gasteiger partial charge in [-0.3, -0.25) is 0 Å². The third kappa shape index (κ3) is 5.39. The fourth-order valence-electron chi connectivity index (χ4n) is 2.26. The predicted octanol–water partition coefficient (Wildman–Crippen LogP) is 2.24. The van der Waals surface area contributed by atoms with Crippen LogP contribution in [0.3, 0.4) is 0 Å². The molecule has 0 aromatic carbocycles. The summed E-state index contributed by atoms with van der Waals surface area (Å²) in [5.74, 6) is 0. The summed E-state index contributed by atoms with van der Waals surface area (Å²) < 4.78 is 5.20. The molecule has 1 N–H and O–H groups in total. The van der Waals surface area contributed by atoms with Crippen molar-refractivity contribution in [2.45, 2.75) is 46.1 Å². The van der Waals surface area contributed by atoms with Gasteiger partial charge in [0.1, 0.15) is 5.60 Å². The molecule has 0 spiro atoms. The summed E-state index contributed by atoms with van der Waals surface area (Å²) in [7, 11) is 2.15. The molecule has 100 valence electrons. The van der Waals surface area contributed by atoms with Gasteiger partial charge in [-0.05, 0) is 52.6 Å². The van der Waals surface area contributed by atoms with Gasteiger partial charge in [0.15, 0.2) is 0 Å². The Bertz CT molecular complexity index is 273. The summed E-state index contributed by atoms with van der Waals surface area (Å²) in [4.78, 5) is 13.8. The summed E-state index contributed by atoms with van der Waals surface area (Å²) in [5, 5.41) is 2.83. The summed E-state index contributed by atoms with van der Waals surface area (Å²) in [6.45, 7) is 10.9. The fraction of sp³-hybridized carbons (Fsp3) is 0.923. The van der Waals surface area contributed by atoms with E-state index in [-0.39, 0.29) is 6.09 Å². The SMILES string of the molecule is CN1CCC(C)(CCNC(=O)OC(C)(C)C)C1. The van der Waals surface area contributed by atoms with Crippen molar-refractivity contribution in [2.24, 2.45) is 5.41 Å². The second-order valence-electron chi connectivity index (χ2n) is 6.48. The average molecular weight is 242 g/mol. The van der Waals surface area contributed by atoms with Crippen LogP contribution in [0.25, 0.3) is 0 Å². The van der Waals surface area contributed by atoms with Crippen molar-refractivity contribution in [3.8, 4) is 0 Å². The first-order chi connectivity index (χ1) is 7.70. The van der Waals surface area contributed by atoms with Gasteiger partial charge < -0.3 is 15.0 Å². The summed E-state index contributed by atoms with van der Waals surface area (Å²) in [6, 6.07) is 0. The van der Waals surface area contributed by atoms with Gasteiger partial charge in [-0.25, -0.2) is 4.79 Å². The molecule has 1 rings (SSSR count). The van der Waals surface area contributed by atoms with E-state index in [1.165, 1.54) is 6.42 Å². The average Bonchev–Trinajstić information content (AvgIpc) is 2.43. The molecule has 0 aromatic rings. The minimum Gasteiger partial charge on any atom is -0.444 e. The molecule has 4 heteroatoms. The number of amides is 1. The van der Waals surface area contributed by atoms with E-state index < -0.39 is 5.60 Å². The highest BCUT2D eigenvalue weighted by Crippen LogP contribution is 2.31. The number of carbonyl (C=O) groups excluding carboxylic acids is 1. The maximum atomic E-state index is 11.5. The molecule has 0 radical (unpaired) electrons. The van der Waals surface area contributed by atoms with Crippen LogP contribution < -0.4 is 5.32 Å². The van der Waals surface area contributed by atoms with Crippen LogP contribution in [-0.2, 0) is 4.74 Å². The van der Waals surface area contributed by atoms with Crippen LogP contribution >= 0.6 is 0 Å². The molecule has 17 heavy (non-hydrogen) atoms. The van der Waals surface area contributed by atoms with Crippen LogP contribution in [0.1, 0.15) is 40.5 Å². The number of hydrogen-bond donors (Lipinski definition) is 1. The van der Waals surface area contributed by atoms with Gasteiger partial charge in [0.05, 0.1) is 0 Å². The molecule has 1 fully saturated rings. The molecule has 0 saturated carbocycles. The van der Waals surface area contributed by atoms with E-state index >= 15 is 0 Å². The molecule has 1 saturated heterocycles. The Balaban J connectivity index is 2.22. The Morgan fingerprint density at radius 1 is 1.47 bits per heavy atom. The lowest BCUT2D eigenvalue weighted by molar-refractivity contribution is 0.0521. The van der Waals surface area contributed by atoms with Crippen molar-refractivity contribution in [1.82, 2.24) is 10.2 Å². The lowest BCUT2D eigenvalue weighted by atomic mass is 9.86. The summed E-state index contributed by atoms with van der Waals surface area (Å²) >= 11 is 0. The van der Waals surface area contributed by atoms with E-state index in [4.69, 9.17) is 4.74 Å². The van der Waals surface area contributed by atoms with Crippen molar-refractivity contribution < 1.29 is 9.53 Å². The number of ether oxygens (including phenoxy) is 1. The maximum Gasteiger partial charge on any atom is 0.407 e. The van der Waals surface area contributed by atoms with Crippen molar-refractivity contribution in [3.63, 3.8) is 0 Å². The first kappa shape index (κ1) is 14.3. The molecule has 0 aliphatic carbocycles. The van der Waals surface area contributed by atoms with Crippen LogP contribution in [0.2, 0.25) is 0 Å². The topological polar surface area (TPSA) is 41.6 Å².